The van der Waals surface area contributed by atoms with E-state index in [4.69, 9.17) is 0 Å². The third-order valence-electron chi connectivity index (χ3n) is 5.54. The quantitative estimate of drug-likeness (QED) is 0.770. The smallest absolute Gasteiger partial charge is 0.222 e. The van der Waals surface area contributed by atoms with Crippen LogP contribution in [0.25, 0.3) is 0 Å². The number of carbonyl (C=O) groups is 1. The third kappa shape index (κ3) is 3.85. The molecular formula is C21H25N3O3. The first kappa shape index (κ1) is 17.7. The number of piperazine rings is 1. The molecule has 0 bridgehead atoms. The Labute approximate surface area is 159 Å². The molecule has 4 rings (SSSR count). The number of aromatic hydroxyl groups is 1. The standard InChI is InChI=1S/C21H25N3O3/c25-19-8-4-7-17(13-19)24-10-9-23(16-5-2-1-3-6-16)14-18(24)11-15-12-20(26)22-21(15)27/h1-8,13,15,18,21,25,27H,9-12,14H2,(H,22,26). The van der Waals surface area contributed by atoms with Crippen molar-refractivity contribution in [2.75, 3.05) is 29.4 Å². The van der Waals surface area contributed by atoms with E-state index in [2.05, 4.69) is 27.2 Å². The van der Waals surface area contributed by atoms with Crippen LogP contribution in [0.5, 0.6) is 5.75 Å². The van der Waals surface area contributed by atoms with Crippen molar-refractivity contribution in [3.63, 3.8) is 0 Å². The Morgan fingerprint density at radius 3 is 2.52 bits per heavy atom. The second-order valence-electron chi connectivity index (χ2n) is 7.36. The number of amides is 1. The molecule has 2 aliphatic heterocycles. The summed E-state index contributed by atoms with van der Waals surface area (Å²) in [6.07, 6.45) is 0.283. The number of aliphatic hydroxyl groups excluding tert-OH is 1. The number of anilines is 2. The number of phenolic OH excluding ortho intramolecular Hbond substituents is 1. The van der Waals surface area contributed by atoms with E-state index in [1.54, 1.807) is 12.1 Å². The fourth-order valence-electron chi connectivity index (χ4n) is 4.20. The van der Waals surface area contributed by atoms with Gasteiger partial charge >= 0.3 is 0 Å². The number of nitrogens with zero attached hydrogens (tertiary/aromatic N) is 2. The Hall–Kier alpha value is -2.73. The van der Waals surface area contributed by atoms with Gasteiger partial charge in [0.2, 0.25) is 5.91 Å². The van der Waals surface area contributed by atoms with Crippen molar-refractivity contribution in [2.24, 2.45) is 5.92 Å². The number of benzene rings is 2. The molecule has 6 nitrogen and oxygen atoms in total. The lowest BCUT2D eigenvalue weighted by Gasteiger charge is -2.44. The zero-order valence-electron chi connectivity index (χ0n) is 15.2. The summed E-state index contributed by atoms with van der Waals surface area (Å²) in [5.74, 6) is 0.0552. The maximum Gasteiger partial charge on any atom is 0.222 e. The summed E-state index contributed by atoms with van der Waals surface area (Å²) in [6.45, 7) is 2.49. The molecule has 2 aliphatic rings. The summed E-state index contributed by atoms with van der Waals surface area (Å²) in [5.41, 5.74) is 2.15. The molecule has 3 atom stereocenters. The normalized spacial score (nSPS) is 25.5. The van der Waals surface area contributed by atoms with Crippen molar-refractivity contribution >= 4 is 17.3 Å². The summed E-state index contributed by atoms with van der Waals surface area (Å²) in [7, 11) is 0. The van der Waals surface area contributed by atoms with E-state index >= 15 is 0 Å². The van der Waals surface area contributed by atoms with Gasteiger partial charge in [-0.05, 0) is 30.7 Å². The van der Waals surface area contributed by atoms with E-state index < -0.39 is 6.23 Å². The number of phenols is 1. The average Bonchev–Trinajstić information content (AvgIpc) is 2.99. The molecule has 0 radical (unpaired) electrons. The van der Waals surface area contributed by atoms with Gasteiger partial charge in [0.25, 0.3) is 0 Å². The summed E-state index contributed by atoms with van der Waals surface area (Å²) in [5, 5.41) is 22.7. The molecule has 1 amide bonds. The minimum absolute atomic E-state index is 0.0906. The highest BCUT2D eigenvalue weighted by Gasteiger charge is 2.36. The van der Waals surface area contributed by atoms with Gasteiger partial charge in [0.15, 0.2) is 0 Å². The molecule has 2 heterocycles. The molecule has 0 aromatic heterocycles. The second kappa shape index (κ2) is 7.48. The van der Waals surface area contributed by atoms with Crippen LogP contribution in [-0.4, -0.2) is 48.0 Å². The van der Waals surface area contributed by atoms with E-state index in [1.165, 1.54) is 5.69 Å². The van der Waals surface area contributed by atoms with Gasteiger partial charge in [0, 0.05) is 55.5 Å². The van der Waals surface area contributed by atoms with Crippen LogP contribution in [0, 0.1) is 5.92 Å². The van der Waals surface area contributed by atoms with Crippen molar-refractivity contribution in [2.45, 2.75) is 25.1 Å². The summed E-state index contributed by atoms with van der Waals surface area (Å²) in [4.78, 5) is 16.3. The Morgan fingerprint density at radius 1 is 1.04 bits per heavy atom. The van der Waals surface area contributed by atoms with E-state index in [0.717, 1.165) is 25.3 Å². The Kier molecular flexibility index (Phi) is 4.90. The molecule has 2 fully saturated rings. The van der Waals surface area contributed by atoms with Crippen molar-refractivity contribution in [3.05, 3.63) is 54.6 Å². The lowest BCUT2D eigenvalue weighted by atomic mass is 9.94. The molecule has 2 aromatic rings. The highest BCUT2D eigenvalue weighted by Crippen LogP contribution is 2.31. The number of hydrogen-bond acceptors (Lipinski definition) is 5. The van der Waals surface area contributed by atoms with Crippen LogP contribution in [0.1, 0.15) is 12.8 Å². The lowest BCUT2D eigenvalue weighted by molar-refractivity contribution is -0.120. The first-order valence-electron chi connectivity index (χ1n) is 9.43. The fourth-order valence-corrected chi connectivity index (χ4v) is 4.20. The van der Waals surface area contributed by atoms with Gasteiger partial charge in [-0.1, -0.05) is 24.3 Å². The van der Waals surface area contributed by atoms with E-state index in [0.29, 0.717) is 12.8 Å². The predicted octanol–water partition coefficient (Wildman–Crippen LogP) is 1.93. The fraction of sp³-hybridized carbons (Fsp3) is 0.381. The van der Waals surface area contributed by atoms with Gasteiger partial charge in [-0.2, -0.15) is 0 Å². The highest BCUT2D eigenvalue weighted by molar-refractivity contribution is 5.78. The van der Waals surface area contributed by atoms with Crippen LogP contribution in [-0.2, 0) is 4.79 Å². The second-order valence-corrected chi connectivity index (χ2v) is 7.36. The first-order chi connectivity index (χ1) is 13.1. The van der Waals surface area contributed by atoms with Crippen LogP contribution >= 0.6 is 0 Å². The Bertz CT molecular complexity index is 798. The third-order valence-corrected chi connectivity index (χ3v) is 5.54. The number of aliphatic hydroxyl groups is 1. The molecular weight excluding hydrogens is 342 g/mol. The zero-order valence-corrected chi connectivity index (χ0v) is 15.2. The molecule has 0 aliphatic carbocycles. The molecule has 3 unspecified atom stereocenters. The molecule has 0 saturated carbocycles. The lowest BCUT2D eigenvalue weighted by Crippen LogP contribution is -2.54. The largest absolute Gasteiger partial charge is 0.508 e. The summed E-state index contributed by atoms with van der Waals surface area (Å²) < 4.78 is 0. The van der Waals surface area contributed by atoms with Crippen molar-refractivity contribution in [1.29, 1.82) is 0 Å². The van der Waals surface area contributed by atoms with Crippen LogP contribution in [0.3, 0.4) is 0 Å². The number of rotatable bonds is 4. The summed E-state index contributed by atoms with van der Waals surface area (Å²) >= 11 is 0. The maximum absolute atomic E-state index is 11.7. The number of nitrogens with one attached hydrogen (secondary N) is 1. The monoisotopic (exact) mass is 367 g/mol. The number of carbonyl (C=O) groups excluding carboxylic acids is 1. The first-order valence-corrected chi connectivity index (χ1v) is 9.43. The molecule has 142 valence electrons. The topological polar surface area (TPSA) is 76.0 Å². The molecule has 27 heavy (non-hydrogen) atoms. The number of hydrogen-bond donors (Lipinski definition) is 3. The highest BCUT2D eigenvalue weighted by atomic mass is 16.3. The minimum atomic E-state index is -0.782. The van der Waals surface area contributed by atoms with Crippen LogP contribution in [0.2, 0.25) is 0 Å². The average molecular weight is 367 g/mol. The molecule has 0 spiro atoms. The van der Waals surface area contributed by atoms with Gasteiger partial charge in [0.05, 0.1) is 0 Å². The molecule has 3 N–H and O–H groups in total. The Balaban J connectivity index is 1.57. The number of para-hydroxylation sites is 1. The van der Waals surface area contributed by atoms with Crippen LogP contribution in [0.4, 0.5) is 11.4 Å². The van der Waals surface area contributed by atoms with Gasteiger partial charge in [-0.25, -0.2) is 0 Å². The predicted molar refractivity (Wildman–Crippen MR) is 105 cm³/mol. The maximum atomic E-state index is 11.7. The van der Waals surface area contributed by atoms with Crippen LogP contribution in [0.15, 0.2) is 54.6 Å². The van der Waals surface area contributed by atoms with Crippen molar-refractivity contribution in [1.82, 2.24) is 5.32 Å². The summed E-state index contributed by atoms with van der Waals surface area (Å²) in [6, 6.07) is 17.7. The molecule has 2 saturated heterocycles. The van der Waals surface area contributed by atoms with Gasteiger partial charge in [0.1, 0.15) is 12.0 Å². The Morgan fingerprint density at radius 2 is 1.81 bits per heavy atom. The van der Waals surface area contributed by atoms with E-state index in [-0.39, 0.29) is 23.6 Å². The van der Waals surface area contributed by atoms with E-state index in [1.807, 2.05) is 30.3 Å². The van der Waals surface area contributed by atoms with E-state index in [9.17, 15) is 15.0 Å². The van der Waals surface area contributed by atoms with Crippen molar-refractivity contribution < 1.29 is 15.0 Å². The minimum Gasteiger partial charge on any atom is -0.508 e. The SMILES string of the molecule is O=C1CC(CC2CN(c3ccccc3)CCN2c2cccc(O)c2)C(O)N1. The van der Waals surface area contributed by atoms with Gasteiger partial charge in [-0.3, -0.25) is 4.79 Å². The molecule has 2 aromatic carbocycles. The van der Waals surface area contributed by atoms with Gasteiger partial charge in [-0.15, -0.1) is 0 Å². The van der Waals surface area contributed by atoms with Gasteiger partial charge < -0.3 is 25.3 Å². The zero-order chi connectivity index (χ0) is 18.8. The molecule has 6 heteroatoms. The van der Waals surface area contributed by atoms with Crippen molar-refractivity contribution in [3.8, 4) is 5.75 Å². The van der Waals surface area contributed by atoms with Crippen LogP contribution < -0.4 is 15.1 Å².